The molecule has 194 valence electrons. The molecule has 2 atom stereocenters. The van der Waals surface area contributed by atoms with Gasteiger partial charge in [0.15, 0.2) is 0 Å². The summed E-state index contributed by atoms with van der Waals surface area (Å²) in [6.07, 6.45) is 12.2. The van der Waals surface area contributed by atoms with E-state index in [1.54, 1.807) is 24.5 Å². The Morgan fingerprint density at radius 2 is 1.94 bits per heavy atom. The van der Waals surface area contributed by atoms with Crippen LogP contribution in [0, 0.1) is 23.6 Å². The molecule has 1 aliphatic heterocycles. The van der Waals surface area contributed by atoms with Gasteiger partial charge in [0.25, 0.3) is 0 Å². The predicted octanol–water partition coefficient (Wildman–Crippen LogP) is 5.58. The number of piperidine rings is 1. The minimum absolute atomic E-state index is 0.0639. The topological polar surface area (TPSA) is 67.3 Å². The van der Waals surface area contributed by atoms with Crippen molar-refractivity contribution in [3.05, 3.63) is 47.0 Å². The molecule has 2 aromatic rings. The van der Waals surface area contributed by atoms with Crippen molar-refractivity contribution >= 4 is 23.5 Å². The Morgan fingerprint density at radius 1 is 1.22 bits per heavy atom. The summed E-state index contributed by atoms with van der Waals surface area (Å²) in [7, 11) is 0. The number of hydrogen-bond donors (Lipinski definition) is 1. The maximum Gasteiger partial charge on any atom is 0.225 e. The second kappa shape index (κ2) is 10.9. The monoisotopic (exact) mass is 514 g/mol. The van der Waals surface area contributed by atoms with Crippen LogP contribution in [-0.4, -0.2) is 41.1 Å². The summed E-state index contributed by atoms with van der Waals surface area (Å²) in [4.78, 5) is 23.3. The Kier molecular flexibility index (Phi) is 7.65. The Morgan fingerprint density at radius 3 is 2.64 bits per heavy atom. The van der Waals surface area contributed by atoms with E-state index in [1.807, 2.05) is 0 Å². The molecule has 6 nitrogen and oxygen atoms in total. The largest absolute Gasteiger partial charge is 0.493 e. The van der Waals surface area contributed by atoms with Crippen LogP contribution in [0.3, 0.4) is 0 Å². The zero-order valence-electron chi connectivity index (χ0n) is 21.0. The number of carbonyl (C=O) groups is 1. The first-order chi connectivity index (χ1) is 17.4. The van der Waals surface area contributed by atoms with Crippen molar-refractivity contribution in [3.63, 3.8) is 0 Å². The van der Waals surface area contributed by atoms with Gasteiger partial charge in [-0.05, 0) is 74.8 Å². The Hall–Kier alpha value is -2.41. The molecule has 1 aromatic heterocycles. The van der Waals surface area contributed by atoms with Crippen molar-refractivity contribution in [1.82, 2.24) is 15.3 Å². The van der Waals surface area contributed by atoms with Crippen molar-refractivity contribution in [3.8, 4) is 5.75 Å². The summed E-state index contributed by atoms with van der Waals surface area (Å²) in [6, 6.07) is 4.88. The highest BCUT2D eigenvalue weighted by atomic mass is 35.5. The van der Waals surface area contributed by atoms with E-state index < -0.39 is 0 Å². The maximum atomic E-state index is 14.6. The molecule has 1 aromatic carbocycles. The first-order valence-corrected chi connectivity index (χ1v) is 13.7. The number of rotatable bonds is 9. The summed E-state index contributed by atoms with van der Waals surface area (Å²) < 4.78 is 20.5. The minimum atomic E-state index is -0.375. The molecule has 3 aliphatic rings. The molecule has 8 heteroatoms. The average Bonchev–Trinajstić information content (AvgIpc) is 3.51. The van der Waals surface area contributed by atoms with Crippen LogP contribution in [0.1, 0.15) is 63.9 Å². The number of anilines is 1. The highest BCUT2D eigenvalue weighted by Crippen LogP contribution is 2.49. The van der Waals surface area contributed by atoms with Gasteiger partial charge in [-0.15, -0.1) is 0 Å². The number of nitrogens with one attached hydrogen (secondary N) is 1. The van der Waals surface area contributed by atoms with Gasteiger partial charge in [-0.1, -0.05) is 30.5 Å². The number of ether oxygens (including phenoxy) is 1. The average molecular weight is 515 g/mol. The third-order valence-electron chi connectivity index (χ3n) is 8.29. The van der Waals surface area contributed by atoms with Crippen molar-refractivity contribution in [2.75, 3.05) is 24.6 Å². The lowest BCUT2D eigenvalue weighted by Crippen LogP contribution is -2.44. The molecule has 0 spiro atoms. The van der Waals surface area contributed by atoms with Gasteiger partial charge in [0.1, 0.15) is 11.6 Å². The number of aromatic nitrogens is 2. The van der Waals surface area contributed by atoms with Gasteiger partial charge in [-0.2, -0.15) is 0 Å². The Balaban J connectivity index is 1.01. The summed E-state index contributed by atoms with van der Waals surface area (Å²) in [5, 5.41) is 3.65. The molecule has 5 rings (SSSR count). The van der Waals surface area contributed by atoms with E-state index in [0.717, 1.165) is 75.8 Å². The van der Waals surface area contributed by atoms with Crippen LogP contribution < -0.4 is 15.0 Å². The predicted molar refractivity (Wildman–Crippen MR) is 139 cm³/mol. The molecule has 1 N–H and O–H groups in total. The lowest BCUT2D eigenvalue weighted by atomic mass is 9.90. The first-order valence-electron chi connectivity index (χ1n) is 13.3. The molecule has 0 radical (unpaired) electrons. The van der Waals surface area contributed by atoms with Gasteiger partial charge in [0, 0.05) is 24.7 Å². The van der Waals surface area contributed by atoms with E-state index in [1.165, 1.54) is 12.5 Å². The van der Waals surface area contributed by atoms with Gasteiger partial charge in [0.2, 0.25) is 11.9 Å². The zero-order valence-corrected chi connectivity index (χ0v) is 21.8. The SMILES string of the molecule is CC1(NC(=O)Cc2ccc(OCC[C@@H]3CC3C3CCN(c4ncc(Cl)cn4)CC3)cc2F)CCCC1. The Bertz CT molecular complexity index is 1050. The summed E-state index contributed by atoms with van der Waals surface area (Å²) in [5.74, 6) is 3.01. The normalized spacial score (nSPS) is 23.5. The molecule has 2 aliphatic carbocycles. The van der Waals surface area contributed by atoms with E-state index >= 15 is 0 Å². The van der Waals surface area contributed by atoms with Crippen LogP contribution in [0.15, 0.2) is 30.6 Å². The molecule has 0 bridgehead atoms. The second-order valence-corrected chi connectivity index (χ2v) is 11.5. The summed E-state index contributed by atoms with van der Waals surface area (Å²) in [5.41, 5.74) is 0.276. The van der Waals surface area contributed by atoms with E-state index in [4.69, 9.17) is 16.3 Å². The molecule has 2 heterocycles. The van der Waals surface area contributed by atoms with Gasteiger partial charge < -0.3 is 15.0 Å². The van der Waals surface area contributed by atoms with E-state index in [9.17, 15) is 9.18 Å². The van der Waals surface area contributed by atoms with Gasteiger partial charge in [-0.3, -0.25) is 4.79 Å². The van der Waals surface area contributed by atoms with E-state index in [-0.39, 0.29) is 23.7 Å². The number of halogens is 2. The number of carbonyl (C=O) groups excluding carboxylic acids is 1. The van der Waals surface area contributed by atoms with Crippen LogP contribution in [0.25, 0.3) is 0 Å². The molecular weight excluding hydrogens is 479 g/mol. The zero-order chi connectivity index (χ0) is 25.1. The third kappa shape index (κ3) is 6.28. The van der Waals surface area contributed by atoms with Crippen molar-refractivity contribution in [2.45, 2.75) is 70.3 Å². The van der Waals surface area contributed by atoms with E-state index in [0.29, 0.717) is 28.9 Å². The highest BCUT2D eigenvalue weighted by molar-refractivity contribution is 6.30. The summed E-state index contributed by atoms with van der Waals surface area (Å²) >= 11 is 5.90. The quantitative estimate of drug-likeness (QED) is 0.473. The highest BCUT2D eigenvalue weighted by Gasteiger charge is 2.43. The molecule has 3 fully saturated rings. The lowest BCUT2D eigenvalue weighted by molar-refractivity contribution is -0.122. The molecule has 1 saturated heterocycles. The van der Waals surface area contributed by atoms with Crippen molar-refractivity contribution in [2.24, 2.45) is 17.8 Å². The van der Waals surface area contributed by atoms with Gasteiger partial charge in [-0.25, -0.2) is 14.4 Å². The number of hydrogen-bond acceptors (Lipinski definition) is 5. The third-order valence-corrected chi connectivity index (χ3v) is 8.49. The van der Waals surface area contributed by atoms with Crippen molar-refractivity contribution in [1.29, 1.82) is 0 Å². The van der Waals surface area contributed by atoms with Crippen LogP contribution in [0.2, 0.25) is 5.02 Å². The fraction of sp³-hybridized carbons (Fsp3) is 0.607. The number of amides is 1. The Labute approximate surface area is 218 Å². The van der Waals surface area contributed by atoms with Crippen LogP contribution in [-0.2, 0) is 11.2 Å². The molecule has 36 heavy (non-hydrogen) atoms. The smallest absolute Gasteiger partial charge is 0.225 e. The minimum Gasteiger partial charge on any atom is -0.493 e. The standard InChI is InChI=1S/C28H36ClFN4O2/c1-28(9-2-3-10-28)33-26(35)15-21-4-5-23(16-25(21)30)36-13-8-20-14-24(20)19-6-11-34(12-7-19)27-31-17-22(29)18-32-27/h4-5,16-20,24H,2-3,6-15H2,1H3,(H,33,35)/t20-,24?/m1/s1. The molecular formula is C28H36ClFN4O2. The van der Waals surface area contributed by atoms with Gasteiger partial charge in [0.05, 0.1) is 30.4 Å². The lowest BCUT2D eigenvalue weighted by Gasteiger charge is -2.32. The fourth-order valence-corrected chi connectivity index (χ4v) is 6.20. The number of benzene rings is 1. The fourth-order valence-electron chi connectivity index (χ4n) is 6.10. The number of nitrogens with zero attached hydrogens (tertiary/aromatic N) is 3. The van der Waals surface area contributed by atoms with E-state index in [2.05, 4.69) is 27.1 Å². The van der Waals surface area contributed by atoms with Crippen LogP contribution in [0.5, 0.6) is 5.75 Å². The van der Waals surface area contributed by atoms with Crippen molar-refractivity contribution < 1.29 is 13.9 Å². The van der Waals surface area contributed by atoms with Crippen LogP contribution >= 0.6 is 11.6 Å². The molecule has 2 saturated carbocycles. The van der Waals surface area contributed by atoms with Gasteiger partial charge >= 0.3 is 0 Å². The maximum absolute atomic E-state index is 14.6. The summed E-state index contributed by atoms with van der Waals surface area (Å²) in [6.45, 7) is 4.63. The molecule has 1 amide bonds. The first kappa shape index (κ1) is 25.2. The van der Waals surface area contributed by atoms with Crippen LogP contribution in [0.4, 0.5) is 10.3 Å². The molecule has 1 unspecified atom stereocenters. The second-order valence-electron chi connectivity index (χ2n) is 11.1.